The lowest BCUT2D eigenvalue weighted by atomic mass is 10.1. The van der Waals surface area contributed by atoms with E-state index in [4.69, 9.17) is 9.47 Å². The Kier molecular flexibility index (Phi) is 5.22. The largest absolute Gasteiger partial charge is 0.444 e. The number of benzene rings is 1. The molecule has 2 rings (SSSR count). The van der Waals surface area contributed by atoms with Crippen molar-refractivity contribution in [2.45, 2.75) is 30.5 Å². The van der Waals surface area contributed by atoms with E-state index in [2.05, 4.69) is 15.9 Å². The Hall–Kier alpha value is -1.07. The standard InChI is InChI=1S/C14H18BrNO3/c1-18-13-12(15)8-5-9-16(13)14(17)19-10-11-6-3-2-4-7-11/h2-4,6-7,12-13H,5,8-10H2,1H3/t12-,13+/m0/s1. The topological polar surface area (TPSA) is 38.8 Å². The summed E-state index contributed by atoms with van der Waals surface area (Å²) >= 11 is 3.55. The molecule has 0 aliphatic carbocycles. The van der Waals surface area contributed by atoms with Crippen molar-refractivity contribution < 1.29 is 14.3 Å². The molecule has 1 saturated heterocycles. The summed E-state index contributed by atoms with van der Waals surface area (Å²) in [4.78, 5) is 13.9. The number of ether oxygens (including phenoxy) is 2. The van der Waals surface area contributed by atoms with E-state index in [0.29, 0.717) is 13.2 Å². The van der Waals surface area contributed by atoms with Crippen molar-refractivity contribution in [1.29, 1.82) is 0 Å². The fourth-order valence-electron chi connectivity index (χ4n) is 2.19. The van der Waals surface area contributed by atoms with Crippen molar-refractivity contribution in [2.75, 3.05) is 13.7 Å². The van der Waals surface area contributed by atoms with Gasteiger partial charge in [-0.3, -0.25) is 4.90 Å². The van der Waals surface area contributed by atoms with E-state index in [1.165, 1.54) is 0 Å². The maximum absolute atomic E-state index is 12.1. The molecule has 5 heteroatoms. The Morgan fingerprint density at radius 2 is 2.16 bits per heavy atom. The lowest BCUT2D eigenvalue weighted by Gasteiger charge is -2.36. The molecule has 0 saturated carbocycles. The molecule has 0 radical (unpaired) electrons. The zero-order chi connectivity index (χ0) is 13.7. The van der Waals surface area contributed by atoms with E-state index in [1.54, 1.807) is 12.0 Å². The summed E-state index contributed by atoms with van der Waals surface area (Å²) in [5.74, 6) is 0. The van der Waals surface area contributed by atoms with Crippen LogP contribution in [0.4, 0.5) is 4.79 Å². The van der Waals surface area contributed by atoms with Crippen LogP contribution in [0.3, 0.4) is 0 Å². The average Bonchev–Trinajstić information content (AvgIpc) is 2.45. The summed E-state index contributed by atoms with van der Waals surface area (Å²) in [7, 11) is 1.61. The van der Waals surface area contributed by atoms with Gasteiger partial charge < -0.3 is 9.47 Å². The monoisotopic (exact) mass is 327 g/mol. The zero-order valence-electron chi connectivity index (χ0n) is 10.9. The third-order valence-electron chi connectivity index (χ3n) is 3.18. The Bertz CT molecular complexity index is 412. The lowest BCUT2D eigenvalue weighted by Crippen LogP contribution is -2.50. The molecular weight excluding hydrogens is 310 g/mol. The van der Waals surface area contributed by atoms with E-state index in [-0.39, 0.29) is 17.1 Å². The molecule has 0 bridgehead atoms. The van der Waals surface area contributed by atoms with Crippen LogP contribution >= 0.6 is 15.9 Å². The SMILES string of the molecule is CO[C@@H]1[C@@H](Br)CCCN1C(=O)OCc1ccccc1. The highest BCUT2D eigenvalue weighted by Gasteiger charge is 2.33. The van der Waals surface area contributed by atoms with E-state index in [9.17, 15) is 4.79 Å². The maximum Gasteiger partial charge on any atom is 0.412 e. The molecule has 1 fully saturated rings. The van der Waals surface area contributed by atoms with E-state index in [0.717, 1.165) is 18.4 Å². The number of methoxy groups -OCH3 is 1. The Balaban J connectivity index is 1.91. The van der Waals surface area contributed by atoms with Crippen molar-refractivity contribution in [2.24, 2.45) is 0 Å². The van der Waals surface area contributed by atoms with Crippen molar-refractivity contribution in [3.63, 3.8) is 0 Å². The van der Waals surface area contributed by atoms with E-state index >= 15 is 0 Å². The van der Waals surface area contributed by atoms with E-state index < -0.39 is 0 Å². The summed E-state index contributed by atoms with van der Waals surface area (Å²) in [5, 5.41) is 0. The number of likely N-dealkylation sites (tertiary alicyclic amines) is 1. The van der Waals surface area contributed by atoms with Crippen molar-refractivity contribution in [3.8, 4) is 0 Å². The molecule has 0 aromatic heterocycles. The number of carbonyl (C=O) groups excluding carboxylic acids is 1. The quantitative estimate of drug-likeness (QED) is 0.800. The van der Waals surface area contributed by atoms with Crippen LogP contribution < -0.4 is 0 Å². The molecule has 0 unspecified atom stereocenters. The maximum atomic E-state index is 12.1. The number of halogens is 1. The molecule has 1 amide bonds. The van der Waals surface area contributed by atoms with Gasteiger partial charge in [0.25, 0.3) is 0 Å². The van der Waals surface area contributed by atoms with Gasteiger partial charge in [-0.15, -0.1) is 0 Å². The third kappa shape index (κ3) is 3.70. The number of piperidine rings is 1. The summed E-state index contributed by atoms with van der Waals surface area (Å²) in [6, 6.07) is 9.66. The van der Waals surface area contributed by atoms with E-state index in [1.807, 2.05) is 30.3 Å². The molecular formula is C14H18BrNO3. The van der Waals surface area contributed by atoms with Gasteiger partial charge >= 0.3 is 6.09 Å². The number of nitrogens with zero attached hydrogens (tertiary/aromatic N) is 1. The summed E-state index contributed by atoms with van der Waals surface area (Å²) in [6.45, 7) is 0.966. The van der Waals surface area contributed by atoms with Gasteiger partial charge in [0.15, 0.2) is 0 Å². The first kappa shape index (κ1) is 14.3. The minimum atomic E-state index is -0.320. The highest BCUT2D eigenvalue weighted by Crippen LogP contribution is 2.25. The van der Waals surface area contributed by atoms with Gasteiger partial charge in [0.05, 0.1) is 4.83 Å². The summed E-state index contributed by atoms with van der Waals surface area (Å²) in [5.41, 5.74) is 0.984. The zero-order valence-corrected chi connectivity index (χ0v) is 12.5. The molecule has 4 nitrogen and oxygen atoms in total. The summed E-state index contributed by atoms with van der Waals surface area (Å²) < 4.78 is 10.7. The van der Waals surface area contributed by atoms with Crippen molar-refractivity contribution >= 4 is 22.0 Å². The first-order valence-electron chi connectivity index (χ1n) is 6.36. The van der Waals surface area contributed by atoms with Gasteiger partial charge in [-0.2, -0.15) is 0 Å². The van der Waals surface area contributed by atoms with Gasteiger partial charge in [-0.1, -0.05) is 46.3 Å². The normalized spacial score (nSPS) is 23.2. The Morgan fingerprint density at radius 1 is 1.42 bits per heavy atom. The molecule has 0 N–H and O–H groups in total. The number of carbonyl (C=O) groups is 1. The van der Waals surface area contributed by atoms with Crippen LogP contribution in [-0.4, -0.2) is 35.7 Å². The highest BCUT2D eigenvalue weighted by molar-refractivity contribution is 9.09. The fraction of sp³-hybridized carbons (Fsp3) is 0.500. The van der Waals surface area contributed by atoms with Gasteiger partial charge in [0.2, 0.25) is 0 Å². The van der Waals surface area contributed by atoms with Gasteiger partial charge in [0, 0.05) is 13.7 Å². The minimum Gasteiger partial charge on any atom is -0.444 e. The molecule has 19 heavy (non-hydrogen) atoms. The number of hydrogen-bond acceptors (Lipinski definition) is 3. The van der Waals surface area contributed by atoms with Crippen LogP contribution in [0.25, 0.3) is 0 Å². The Morgan fingerprint density at radius 3 is 2.84 bits per heavy atom. The first-order valence-corrected chi connectivity index (χ1v) is 7.28. The average molecular weight is 328 g/mol. The second-order valence-electron chi connectivity index (χ2n) is 4.52. The van der Waals surface area contributed by atoms with Gasteiger partial charge in [0.1, 0.15) is 12.8 Å². The second-order valence-corrected chi connectivity index (χ2v) is 5.69. The first-order chi connectivity index (χ1) is 9.22. The minimum absolute atomic E-state index is 0.163. The predicted molar refractivity (Wildman–Crippen MR) is 76.1 cm³/mol. The summed E-state index contributed by atoms with van der Waals surface area (Å²) in [6.07, 6.45) is 1.38. The van der Waals surface area contributed by atoms with Gasteiger partial charge in [-0.05, 0) is 18.4 Å². The highest BCUT2D eigenvalue weighted by atomic mass is 79.9. The number of alkyl halides is 1. The van der Waals surface area contributed by atoms with Crippen LogP contribution in [0, 0.1) is 0 Å². The lowest BCUT2D eigenvalue weighted by molar-refractivity contribution is -0.0449. The smallest absolute Gasteiger partial charge is 0.412 e. The molecule has 104 valence electrons. The predicted octanol–water partition coefficient (Wildman–Crippen LogP) is 3.16. The van der Waals surface area contributed by atoms with Crippen LogP contribution in [0.1, 0.15) is 18.4 Å². The number of amides is 1. The van der Waals surface area contributed by atoms with Crippen molar-refractivity contribution in [1.82, 2.24) is 4.90 Å². The third-order valence-corrected chi connectivity index (χ3v) is 4.09. The molecule has 0 spiro atoms. The van der Waals surface area contributed by atoms with Crippen LogP contribution in [0.2, 0.25) is 0 Å². The molecule has 1 heterocycles. The second kappa shape index (κ2) is 6.91. The number of hydrogen-bond donors (Lipinski definition) is 0. The van der Waals surface area contributed by atoms with Crippen LogP contribution in [0.15, 0.2) is 30.3 Å². The molecule has 2 atom stereocenters. The fourth-order valence-corrected chi connectivity index (χ4v) is 3.02. The van der Waals surface area contributed by atoms with Crippen LogP contribution in [-0.2, 0) is 16.1 Å². The van der Waals surface area contributed by atoms with Crippen molar-refractivity contribution in [3.05, 3.63) is 35.9 Å². The van der Waals surface area contributed by atoms with Gasteiger partial charge in [-0.25, -0.2) is 4.79 Å². The molecule has 1 aromatic rings. The molecule has 1 aliphatic rings. The Labute approximate surface area is 121 Å². The van der Waals surface area contributed by atoms with Crippen LogP contribution in [0.5, 0.6) is 0 Å². The molecule has 1 aliphatic heterocycles. The molecule has 1 aromatic carbocycles. The number of rotatable bonds is 3.